The van der Waals surface area contributed by atoms with Crippen LogP contribution in [0.1, 0.15) is 18.9 Å². The second-order valence-electron chi connectivity index (χ2n) is 8.87. The van der Waals surface area contributed by atoms with Crippen LogP contribution in [0, 0.1) is 5.82 Å². The maximum Gasteiger partial charge on any atom is 0.264 e. The maximum absolute atomic E-state index is 13.9. The number of nitrogens with one attached hydrogen (secondary N) is 1. The van der Waals surface area contributed by atoms with Crippen LogP contribution in [0.4, 0.5) is 10.1 Å². The second kappa shape index (κ2) is 13.8. The highest BCUT2D eigenvalue weighted by atomic mass is 32.2. The van der Waals surface area contributed by atoms with E-state index in [1.54, 1.807) is 6.92 Å². The van der Waals surface area contributed by atoms with Crippen molar-refractivity contribution in [3.63, 3.8) is 0 Å². The van der Waals surface area contributed by atoms with Crippen LogP contribution in [-0.4, -0.2) is 65.5 Å². The summed E-state index contributed by atoms with van der Waals surface area (Å²) in [5.41, 5.74) is 1.04. The summed E-state index contributed by atoms with van der Waals surface area (Å²) in [6.07, 6.45) is 0.776. The van der Waals surface area contributed by atoms with Gasteiger partial charge in [0.15, 0.2) is 11.5 Å². The van der Waals surface area contributed by atoms with Crippen LogP contribution >= 0.6 is 0 Å². The van der Waals surface area contributed by atoms with Gasteiger partial charge in [0.05, 0.1) is 24.8 Å². The summed E-state index contributed by atoms with van der Waals surface area (Å²) in [6.45, 7) is 1.34. The lowest BCUT2D eigenvalue weighted by Gasteiger charge is -2.33. The number of methoxy groups -OCH3 is 2. The van der Waals surface area contributed by atoms with Crippen molar-refractivity contribution in [3.05, 3.63) is 84.2 Å². The van der Waals surface area contributed by atoms with Crippen molar-refractivity contribution in [2.24, 2.45) is 0 Å². The minimum absolute atomic E-state index is 0.0838. The van der Waals surface area contributed by atoms with Gasteiger partial charge in [-0.1, -0.05) is 37.3 Å². The molecule has 0 aliphatic heterocycles. The molecule has 3 aromatic carbocycles. The third kappa shape index (κ3) is 7.09. The molecule has 1 unspecified atom stereocenters. The van der Waals surface area contributed by atoms with Crippen LogP contribution < -0.4 is 19.1 Å². The fourth-order valence-electron chi connectivity index (χ4n) is 4.30. The first-order valence-corrected chi connectivity index (χ1v) is 14.2. The average Bonchev–Trinajstić information content (AvgIpc) is 2.98. The Morgan fingerprint density at radius 3 is 2.17 bits per heavy atom. The summed E-state index contributed by atoms with van der Waals surface area (Å²) in [6, 6.07) is 17.5. The number of carbonyl (C=O) groups is 2. The Balaban J connectivity index is 2.04. The quantitative estimate of drug-likeness (QED) is 0.336. The normalized spacial score (nSPS) is 11.8. The smallest absolute Gasteiger partial charge is 0.264 e. The third-order valence-corrected chi connectivity index (χ3v) is 8.22. The van der Waals surface area contributed by atoms with Crippen molar-refractivity contribution in [1.82, 2.24) is 10.2 Å². The predicted molar refractivity (Wildman–Crippen MR) is 150 cm³/mol. The summed E-state index contributed by atoms with van der Waals surface area (Å²) in [4.78, 5) is 27.8. The zero-order valence-corrected chi connectivity index (χ0v) is 23.8. The van der Waals surface area contributed by atoms with Gasteiger partial charge in [-0.05, 0) is 54.8 Å². The molecule has 0 aromatic heterocycles. The van der Waals surface area contributed by atoms with Crippen LogP contribution in [-0.2, 0) is 26.0 Å². The lowest BCUT2D eigenvalue weighted by atomic mass is 10.1. The lowest BCUT2D eigenvalue weighted by molar-refractivity contribution is -0.139. The molecule has 0 saturated heterocycles. The van der Waals surface area contributed by atoms with Crippen molar-refractivity contribution < 1.29 is 31.9 Å². The van der Waals surface area contributed by atoms with Gasteiger partial charge in [0.1, 0.15) is 18.4 Å². The first-order chi connectivity index (χ1) is 19.2. The number of likely N-dealkylation sites (N-methyl/N-ethyl adjacent to an activating group) is 1. The van der Waals surface area contributed by atoms with E-state index in [1.807, 2.05) is 30.3 Å². The van der Waals surface area contributed by atoms with E-state index in [0.29, 0.717) is 18.6 Å². The molecular formula is C29H34FN3O6S. The second-order valence-corrected chi connectivity index (χ2v) is 10.7. The van der Waals surface area contributed by atoms with E-state index >= 15 is 0 Å². The van der Waals surface area contributed by atoms with Gasteiger partial charge in [-0.15, -0.1) is 0 Å². The van der Waals surface area contributed by atoms with Gasteiger partial charge in [0, 0.05) is 19.7 Å². The standard InChI is InChI=1S/C29H34FN3O6S/c1-5-25(29(35)31-2)32(18-17-21-9-7-6-8-10-21)28(34)20-33(23-13-11-22(30)12-14-23)40(36,37)24-15-16-26(38-3)27(19-24)39-4/h6-16,19,25H,5,17-18,20H2,1-4H3,(H,31,35). The molecule has 3 aromatic rings. The number of benzene rings is 3. The van der Waals surface area contributed by atoms with Crippen molar-refractivity contribution in [1.29, 1.82) is 0 Å². The fourth-order valence-corrected chi connectivity index (χ4v) is 5.73. The summed E-state index contributed by atoms with van der Waals surface area (Å²) in [7, 11) is -0.0624. The van der Waals surface area contributed by atoms with Crippen LogP contribution in [0.25, 0.3) is 0 Å². The fraction of sp³-hybridized carbons (Fsp3) is 0.310. The molecule has 0 fully saturated rings. The van der Waals surface area contributed by atoms with E-state index in [0.717, 1.165) is 22.0 Å². The van der Waals surface area contributed by atoms with Crippen molar-refractivity contribution in [2.75, 3.05) is 38.7 Å². The number of nitrogens with zero attached hydrogens (tertiary/aromatic N) is 2. The summed E-state index contributed by atoms with van der Waals surface area (Å²) in [5.74, 6) is -0.994. The molecule has 0 aliphatic rings. The predicted octanol–water partition coefficient (Wildman–Crippen LogP) is 3.63. The van der Waals surface area contributed by atoms with Crippen LogP contribution in [0.5, 0.6) is 11.5 Å². The molecule has 0 bridgehead atoms. The Hall–Kier alpha value is -4.12. The molecule has 0 spiro atoms. The molecule has 0 radical (unpaired) electrons. The average molecular weight is 572 g/mol. The minimum atomic E-state index is -4.35. The number of carbonyl (C=O) groups excluding carboxylic acids is 2. The Kier molecular flexibility index (Phi) is 10.5. The number of hydrogen-bond acceptors (Lipinski definition) is 6. The topological polar surface area (TPSA) is 105 Å². The number of rotatable bonds is 13. The zero-order chi connectivity index (χ0) is 29.3. The molecular weight excluding hydrogens is 537 g/mol. The molecule has 1 atom stereocenters. The molecule has 0 heterocycles. The van der Waals surface area contributed by atoms with E-state index in [2.05, 4.69) is 5.32 Å². The molecule has 214 valence electrons. The first-order valence-electron chi connectivity index (χ1n) is 12.7. The van der Waals surface area contributed by atoms with E-state index in [-0.39, 0.29) is 28.8 Å². The van der Waals surface area contributed by atoms with Crippen LogP contribution in [0.3, 0.4) is 0 Å². The van der Waals surface area contributed by atoms with E-state index in [4.69, 9.17) is 9.47 Å². The van der Waals surface area contributed by atoms with Gasteiger partial charge in [0.2, 0.25) is 11.8 Å². The third-order valence-electron chi connectivity index (χ3n) is 6.45. The number of halogens is 1. The van der Waals surface area contributed by atoms with Gasteiger partial charge in [-0.3, -0.25) is 13.9 Å². The number of amides is 2. The number of anilines is 1. The molecule has 40 heavy (non-hydrogen) atoms. The highest BCUT2D eigenvalue weighted by Crippen LogP contribution is 2.32. The minimum Gasteiger partial charge on any atom is -0.493 e. The molecule has 1 N–H and O–H groups in total. The number of ether oxygens (including phenoxy) is 2. The summed E-state index contributed by atoms with van der Waals surface area (Å²) in [5, 5.41) is 2.59. The van der Waals surface area contributed by atoms with Gasteiger partial charge in [0.25, 0.3) is 10.0 Å². The SMILES string of the molecule is CCC(C(=O)NC)N(CCc1ccccc1)C(=O)CN(c1ccc(F)cc1)S(=O)(=O)c1ccc(OC)c(OC)c1. The van der Waals surface area contributed by atoms with Crippen LogP contribution in [0.2, 0.25) is 0 Å². The van der Waals surface area contributed by atoms with Crippen molar-refractivity contribution >= 4 is 27.5 Å². The van der Waals surface area contributed by atoms with Crippen LogP contribution in [0.15, 0.2) is 77.7 Å². The highest BCUT2D eigenvalue weighted by molar-refractivity contribution is 7.92. The van der Waals surface area contributed by atoms with Gasteiger partial charge in [-0.2, -0.15) is 0 Å². The molecule has 0 saturated carbocycles. The zero-order valence-electron chi connectivity index (χ0n) is 23.0. The Bertz CT molecular complexity index is 1400. The Labute approximate surface area is 234 Å². The largest absolute Gasteiger partial charge is 0.493 e. The van der Waals surface area contributed by atoms with Gasteiger partial charge >= 0.3 is 0 Å². The molecule has 11 heteroatoms. The number of hydrogen-bond donors (Lipinski definition) is 1. The van der Waals surface area contributed by atoms with Gasteiger partial charge < -0.3 is 19.7 Å². The molecule has 0 aliphatic carbocycles. The molecule has 9 nitrogen and oxygen atoms in total. The molecule has 3 rings (SSSR count). The highest BCUT2D eigenvalue weighted by Gasteiger charge is 2.33. The van der Waals surface area contributed by atoms with E-state index < -0.39 is 34.3 Å². The first kappa shape index (κ1) is 30.4. The van der Waals surface area contributed by atoms with E-state index in [9.17, 15) is 22.4 Å². The number of sulfonamides is 1. The van der Waals surface area contributed by atoms with Crippen molar-refractivity contribution in [2.45, 2.75) is 30.7 Å². The van der Waals surface area contributed by atoms with Gasteiger partial charge in [-0.25, -0.2) is 12.8 Å². The molecule has 2 amide bonds. The van der Waals surface area contributed by atoms with Crippen molar-refractivity contribution in [3.8, 4) is 11.5 Å². The summed E-state index contributed by atoms with van der Waals surface area (Å²) < 4.78 is 53.0. The van der Waals surface area contributed by atoms with E-state index in [1.165, 1.54) is 56.5 Å². The Morgan fingerprint density at radius 1 is 0.950 bits per heavy atom. The maximum atomic E-state index is 13.9. The monoisotopic (exact) mass is 571 g/mol. The summed E-state index contributed by atoms with van der Waals surface area (Å²) >= 11 is 0. The Morgan fingerprint density at radius 2 is 1.60 bits per heavy atom. The lowest BCUT2D eigenvalue weighted by Crippen LogP contribution is -2.52.